The van der Waals surface area contributed by atoms with Crippen LogP contribution in [0.15, 0.2) is 71.3 Å². The van der Waals surface area contributed by atoms with E-state index in [4.69, 9.17) is 12.8 Å². The molecule has 0 fully saturated rings. The minimum Gasteiger partial charge on any atom is -0.440 e. The van der Waals surface area contributed by atoms with E-state index in [2.05, 4.69) is 14.8 Å². The third kappa shape index (κ3) is 6.99. The second kappa shape index (κ2) is 12.6. The van der Waals surface area contributed by atoms with Crippen LogP contribution in [0, 0.1) is 25.5 Å². The van der Waals surface area contributed by atoms with Gasteiger partial charge in [-0.1, -0.05) is 35.9 Å². The number of alkyl halides is 5. The lowest BCUT2D eigenvalue weighted by atomic mass is 9.97. The van der Waals surface area contributed by atoms with E-state index in [0.29, 0.717) is 5.56 Å². The molecule has 2 heterocycles. The van der Waals surface area contributed by atoms with Crippen LogP contribution in [0.4, 0.5) is 30.7 Å². The highest BCUT2D eigenvalue weighted by Gasteiger charge is 2.34. The van der Waals surface area contributed by atoms with Crippen LogP contribution in [0.25, 0.3) is 39.4 Å². The van der Waals surface area contributed by atoms with Crippen molar-refractivity contribution in [3.63, 3.8) is 0 Å². The first kappa shape index (κ1) is 31.2. The predicted octanol–water partition coefficient (Wildman–Crippen LogP) is 7.71. The Morgan fingerprint density at radius 1 is 0.907 bits per heavy atom. The quantitative estimate of drug-likeness (QED) is 0.180. The fourth-order valence-electron chi connectivity index (χ4n) is 4.23. The Labute approximate surface area is 242 Å². The van der Waals surface area contributed by atoms with Gasteiger partial charge in [-0.3, -0.25) is 0 Å². The molecule has 0 N–H and O–H groups in total. The molecule has 7 nitrogen and oxygen atoms in total. The van der Waals surface area contributed by atoms with E-state index in [1.54, 1.807) is 12.1 Å². The van der Waals surface area contributed by atoms with Crippen molar-refractivity contribution >= 4 is 11.6 Å². The van der Waals surface area contributed by atoms with Crippen molar-refractivity contribution < 1.29 is 48.3 Å². The zero-order chi connectivity index (χ0) is 31.5. The van der Waals surface area contributed by atoms with E-state index in [9.17, 15) is 30.7 Å². The van der Waals surface area contributed by atoms with Crippen molar-refractivity contribution in [1.82, 2.24) is 14.8 Å². The van der Waals surface area contributed by atoms with E-state index >= 15 is 0 Å². The molecule has 0 radical (unpaired) electrons. The van der Waals surface area contributed by atoms with Crippen molar-refractivity contribution in [3.8, 4) is 45.1 Å². The van der Waals surface area contributed by atoms with Crippen LogP contribution in [0.2, 0.25) is 0 Å². The number of oxazole rings is 1. The molecule has 0 aliphatic rings. The van der Waals surface area contributed by atoms with Gasteiger partial charge in [0, 0.05) is 24.2 Å². The van der Waals surface area contributed by atoms with Crippen molar-refractivity contribution in [1.29, 1.82) is 0 Å². The average molecular weight is 626 g/mol. The molecule has 0 aliphatic carbocycles. The number of hydrogen-bond donors (Lipinski definition) is 0. The fourth-order valence-corrected chi connectivity index (χ4v) is 4.23. The Balaban J connectivity index is 0.00000135. The van der Waals surface area contributed by atoms with Gasteiger partial charge < -0.3 is 9.15 Å². The van der Waals surface area contributed by atoms with Gasteiger partial charge >= 0.3 is 24.4 Å². The molecule has 0 saturated heterocycles. The minimum absolute atomic E-state index is 0.0348. The van der Waals surface area contributed by atoms with Crippen molar-refractivity contribution in [2.75, 3.05) is 0 Å². The van der Waals surface area contributed by atoms with Crippen LogP contribution < -0.4 is 4.74 Å². The summed E-state index contributed by atoms with van der Waals surface area (Å²) in [5, 5.41) is 3.65. The minimum atomic E-state index is -4.70. The number of rotatable bonds is 6. The Bertz CT molecular complexity index is 1790. The maximum Gasteiger partial charge on any atom is 0.435 e. The lowest BCUT2D eigenvalue weighted by Gasteiger charge is -2.13. The third-order valence-corrected chi connectivity index (χ3v) is 5.93. The average Bonchev–Trinajstić information content (AvgIpc) is 3.58. The Hall–Kier alpha value is -4.79. The molecule has 0 spiro atoms. The summed E-state index contributed by atoms with van der Waals surface area (Å²) < 4.78 is 122. The maximum absolute atomic E-state index is 14.6. The van der Waals surface area contributed by atoms with Crippen molar-refractivity contribution in [2.45, 2.75) is 26.6 Å². The molecule has 5 aromatic rings. The first-order valence-electron chi connectivity index (χ1n) is 12.0. The number of ether oxygens (including phenoxy) is 1. The Morgan fingerprint density at radius 3 is 2.14 bits per heavy atom. The largest absolute Gasteiger partial charge is 0.440 e. The first-order valence-corrected chi connectivity index (χ1v) is 12.7. The Morgan fingerprint density at radius 2 is 1.56 bits per heavy atom. The molecule has 0 saturated carbocycles. The highest BCUT2D eigenvalue weighted by atomic mass is 32.1. The SMILES string of the molecule is Cc1cccc(-c2ccc(-n3ccc(C(F)(F)F)n3)c(-c3oc(C)nc3-c3cc(F)c(OC(F)F)c(F)c3)c2)c1.O=S=O. The monoisotopic (exact) mass is 625 g/mol. The lowest BCUT2D eigenvalue weighted by molar-refractivity contribution is -0.141. The molecular formula is C28H18F7N3O4S. The molecule has 5 rings (SSSR count). The highest BCUT2D eigenvalue weighted by molar-refractivity contribution is 7.51. The van der Waals surface area contributed by atoms with Crippen LogP contribution in [0.3, 0.4) is 0 Å². The maximum atomic E-state index is 14.6. The van der Waals surface area contributed by atoms with Crippen LogP contribution in [0.5, 0.6) is 5.75 Å². The number of nitrogens with zero attached hydrogens (tertiary/aromatic N) is 3. The number of benzene rings is 3. The molecule has 43 heavy (non-hydrogen) atoms. The third-order valence-electron chi connectivity index (χ3n) is 5.93. The molecule has 15 heteroatoms. The molecule has 0 amide bonds. The highest BCUT2D eigenvalue weighted by Crippen LogP contribution is 2.40. The van der Waals surface area contributed by atoms with Gasteiger partial charge in [-0.25, -0.2) is 18.4 Å². The standard InChI is InChI=1S/C28H18F7N3O2.O2S/c1-14-4-3-5-16(10-14)17-6-7-22(38-9-8-23(37-38)28(33,34)35)19(11-17)25-24(36-15(2)39-25)18-12-20(29)26(21(30)13-18)40-27(31)32;1-3-2/h3-13,27H,1-2H3;. The summed E-state index contributed by atoms with van der Waals surface area (Å²) in [6, 6.07) is 14.6. The molecular weight excluding hydrogens is 607 g/mol. The lowest BCUT2D eigenvalue weighted by Crippen LogP contribution is -2.07. The summed E-state index contributed by atoms with van der Waals surface area (Å²) in [5.41, 5.74) is 1.38. The smallest absolute Gasteiger partial charge is 0.435 e. The molecule has 2 aromatic heterocycles. The zero-order valence-corrected chi connectivity index (χ0v) is 22.8. The number of aryl methyl sites for hydroxylation is 2. The second-order valence-corrected chi connectivity index (χ2v) is 9.01. The summed E-state index contributed by atoms with van der Waals surface area (Å²) in [7, 11) is 0. The van der Waals surface area contributed by atoms with Crippen LogP contribution >= 0.6 is 0 Å². The molecule has 0 aliphatic heterocycles. The summed E-state index contributed by atoms with van der Waals surface area (Å²) >= 11 is -0.750. The molecule has 0 bridgehead atoms. The number of hydrogen-bond acceptors (Lipinski definition) is 6. The van der Waals surface area contributed by atoms with Gasteiger partial charge in [-0.05, 0) is 48.4 Å². The molecule has 3 aromatic carbocycles. The van der Waals surface area contributed by atoms with Gasteiger partial charge in [0.1, 0.15) is 5.69 Å². The van der Waals surface area contributed by atoms with Gasteiger partial charge in [0.25, 0.3) is 0 Å². The van der Waals surface area contributed by atoms with E-state index in [1.807, 2.05) is 31.2 Å². The molecule has 0 atom stereocenters. The van der Waals surface area contributed by atoms with E-state index in [-0.39, 0.29) is 34.2 Å². The van der Waals surface area contributed by atoms with Gasteiger partial charge in [-0.15, -0.1) is 0 Å². The summed E-state index contributed by atoms with van der Waals surface area (Å²) in [4.78, 5) is 4.23. The summed E-state index contributed by atoms with van der Waals surface area (Å²) in [6.07, 6.45) is -3.58. The number of aromatic nitrogens is 3. The van der Waals surface area contributed by atoms with Crippen LogP contribution in [-0.4, -0.2) is 29.8 Å². The first-order chi connectivity index (χ1) is 20.3. The number of halogens is 7. The van der Waals surface area contributed by atoms with E-state index < -0.39 is 47.4 Å². The van der Waals surface area contributed by atoms with E-state index in [1.165, 1.54) is 13.0 Å². The normalized spacial score (nSPS) is 11.3. The van der Waals surface area contributed by atoms with E-state index in [0.717, 1.165) is 40.2 Å². The fraction of sp³-hybridized carbons (Fsp3) is 0.143. The van der Waals surface area contributed by atoms with Crippen LogP contribution in [-0.2, 0) is 17.7 Å². The van der Waals surface area contributed by atoms with Crippen LogP contribution in [0.1, 0.15) is 17.1 Å². The summed E-state index contributed by atoms with van der Waals surface area (Å²) in [6.45, 7) is -0.0977. The zero-order valence-electron chi connectivity index (χ0n) is 22.0. The van der Waals surface area contributed by atoms with Crippen molar-refractivity contribution in [2.24, 2.45) is 0 Å². The topological polar surface area (TPSA) is 87.2 Å². The summed E-state index contributed by atoms with van der Waals surface area (Å²) in [5.74, 6) is -4.04. The molecule has 0 unspecified atom stereocenters. The Kier molecular flexibility index (Phi) is 9.13. The van der Waals surface area contributed by atoms with Crippen molar-refractivity contribution in [3.05, 3.63) is 95.6 Å². The van der Waals surface area contributed by atoms with Gasteiger partial charge in [0.15, 0.2) is 34.7 Å². The van der Waals surface area contributed by atoms with Gasteiger partial charge in [0.2, 0.25) is 0 Å². The molecule has 224 valence electrons. The second-order valence-electron chi connectivity index (χ2n) is 8.87. The predicted molar refractivity (Wildman–Crippen MR) is 140 cm³/mol. The van der Waals surface area contributed by atoms with Gasteiger partial charge in [-0.2, -0.15) is 35.5 Å². The van der Waals surface area contributed by atoms with Gasteiger partial charge in [0.05, 0.1) is 5.69 Å².